The van der Waals surface area contributed by atoms with Gasteiger partial charge in [0.05, 0.1) is 6.42 Å². The summed E-state index contributed by atoms with van der Waals surface area (Å²) in [6.45, 7) is 0.360. The average molecular weight is 279 g/mol. The Hall–Kier alpha value is -0.780. The molecule has 0 aromatic carbocycles. The fourth-order valence-electron chi connectivity index (χ4n) is 3.78. The molecular weight excluding hydrogens is 259 g/mol. The minimum absolute atomic E-state index is 0.308. The van der Waals surface area contributed by atoms with Gasteiger partial charge in [-0.25, -0.2) is 0 Å². The molecule has 0 aromatic heterocycles. The molecule has 0 amide bonds. The van der Waals surface area contributed by atoms with Gasteiger partial charge in [-0.2, -0.15) is 13.2 Å². The molecule has 1 N–H and O–H groups in total. The summed E-state index contributed by atoms with van der Waals surface area (Å²) in [4.78, 5) is 11.8. The van der Waals surface area contributed by atoms with E-state index in [2.05, 4.69) is 0 Å². The van der Waals surface area contributed by atoms with Crippen molar-refractivity contribution >= 4 is 5.97 Å². The van der Waals surface area contributed by atoms with E-state index < -0.39 is 24.6 Å². The van der Waals surface area contributed by atoms with Gasteiger partial charge in [0.15, 0.2) is 0 Å². The summed E-state index contributed by atoms with van der Waals surface area (Å²) in [5.74, 6) is 0.142. The lowest BCUT2D eigenvalue weighted by Gasteiger charge is -2.33. The van der Waals surface area contributed by atoms with Gasteiger partial charge in [-0.3, -0.25) is 9.69 Å². The summed E-state index contributed by atoms with van der Waals surface area (Å²) in [6.07, 6.45) is -0.867. The highest BCUT2D eigenvalue weighted by Crippen LogP contribution is 2.48. The van der Waals surface area contributed by atoms with Crippen molar-refractivity contribution in [1.82, 2.24) is 4.90 Å². The zero-order valence-electron chi connectivity index (χ0n) is 11.0. The molecule has 110 valence electrons. The Balaban J connectivity index is 1.95. The number of carbonyl (C=O) groups is 1. The molecule has 0 heterocycles. The molecule has 2 aliphatic rings. The van der Waals surface area contributed by atoms with Crippen LogP contribution in [0.25, 0.3) is 0 Å². The topological polar surface area (TPSA) is 40.5 Å². The first kappa shape index (κ1) is 14.6. The van der Waals surface area contributed by atoms with Gasteiger partial charge in [-0.15, -0.1) is 0 Å². The van der Waals surface area contributed by atoms with E-state index in [9.17, 15) is 18.0 Å². The monoisotopic (exact) mass is 279 g/mol. The summed E-state index contributed by atoms with van der Waals surface area (Å²) < 4.78 is 38.7. The van der Waals surface area contributed by atoms with Crippen molar-refractivity contribution in [3.05, 3.63) is 0 Å². The van der Waals surface area contributed by atoms with Gasteiger partial charge in [0, 0.05) is 6.54 Å². The Morgan fingerprint density at radius 2 is 2.05 bits per heavy atom. The molecule has 4 unspecified atom stereocenters. The minimum atomic E-state index is -4.48. The number of hydrogen-bond acceptors (Lipinski definition) is 2. The van der Waals surface area contributed by atoms with Crippen molar-refractivity contribution in [3.63, 3.8) is 0 Å². The lowest BCUT2D eigenvalue weighted by atomic mass is 9.88. The predicted molar refractivity (Wildman–Crippen MR) is 63.7 cm³/mol. The van der Waals surface area contributed by atoms with Crippen LogP contribution in [0.15, 0.2) is 0 Å². The van der Waals surface area contributed by atoms with Crippen LogP contribution in [-0.2, 0) is 4.79 Å². The number of alkyl halides is 3. The summed E-state index contributed by atoms with van der Waals surface area (Å²) in [5.41, 5.74) is 0. The third kappa shape index (κ3) is 3.41. The fourth-order valence-corrected chi connectivity index (χ4v) is 3.78. The summed E-state index contributed by atoms with van der Waals surface area (Å²) in [5, 5.41) is 8.64. The Kier molecular flexibility index (Phi) is 4.08. The first-order valence-corrected chi connectivity index (χ1v) is 6.76. The van der Waals surface area contributed by atoms with Crippen molar-refractivity contribution in [3.8, 4) is 0 Å². The molecule has 2 bridgehead atoms. The second-order valence-corrected chi connectivity index (χ2v) is 6.03. The van der Waals surface area contributed by atoms with Crippen LogP contribution in [0, 0.1) is 17.8 Å². The maximum Gasteiger partial charge on any atom is 0.404 e. The normalized spacial score (nSPS) is 31.9. The number of rotatable bonds is 5. The lowest BCUT2D eigenvalue weighted by molar-refractivity contribution is -0.189. The second kappa shape index (κ2) is 5.31. The van der Waals surface area contributed by atoms with Gasteiger partial charge in [-0.05, 0) is 44.1 Å². The van der Waals surface area contributed by atoms with Crippen LogP contribution in [0.2, 0.25) is 0 Å². The molecule has 2 saturated carbocycles. The zero-order chi connectivity index (χ0) is 14.2. The average Bonchev–Trinajstić information content (AvgIpc) is 2.85. The van der Waals surface area contributed by atoms with Crippen molar-refractivity contribution in [2.75, 3.05) is 13.6 Å². The van der Waals surface area contributed by atoms with E-state index in [1.54, 1.807) is 0 Å². The molecule has 4 atom stereocenters. The second-order valence-electron chi connectivity index (χ2n) is 6.03. The van der Waals surface area contributed by atoms with Gasteiger partial charge in [0.2, 0.25) is 0 Å². The standard InChI is InChI=1S/C13H20F3NO2/c1-17(11(6-12(18)19)13(14,15)16)7-10-5-8-2-3-9(10)4-8/h8-11H,2-7H2,1H3,(H,18,19). The van der Waals surface area contributed by atoms with E-state index >= 15 is 0 Å². The summed E-state index contributed by atoms with van der Waals surface area (Å²) >= 11 is 0. The Morgan fingerprint density at radius 3 is 2.47 bits per heavy atom. The van der Waals surface area contributed by atoms with E-state index in [0.717, 1.165) is 19.3 Å². The molecule has 3 nitrogen and oxygen atoms in total. The van der Waals surface area contributed by atoms with E-state index in [-0.39, 0.29) is 0 Å². The van der Waals surface area contributed by atoms with Crippen LogP contribution in [0.5, 0.6) is 0 Å². The Labute approximate surface area is 110 Å². The predicted octanol–water partition coefficient (Wildman–Crippen LogP) is 2.76. The molecule has 2 rings (SSSR count). The number of carboxylic acid groups (broad SMARTS) is 1. The summed E-state index contributed by atoms with van der Waals surface area (Å²) in [7, 11) is 1.40. The largest absolute Gasteiger partial charge is 0.481 e. The van der Waals surface area contributed by atoms with E-state index in [1.165, 1.54) is 18.4 Å². The number of fused-ring (bicyclic) bond motifs is 2. The zero-order valence-corrected chi connectivity index (χ0v) is 11.0. The first-order chi connectivity index (χ1) is 8.77. The third-order valence-corrected chi connectivity index (χ3v) is 4.68. The number of aliphatic carboxylic acids is 1. The summed E-state index contributed by atoms with van der Waals surface area (Å²) in [6, 6.07) is -1.87. The van der Waals surface area contributed by atoms with Crippen LogP contribution >= 0.6 is 0 Å². The van der Waals surface area contributed by atoms with Gasteiger partial charge < -0.3 is 5.11 Å². The molecule has 2 fully saturated rings. The third-order valence-electron chi connectivity index (χ3n) is 4.68. The van der Waals surface area contributed by atoms with Crippen LogP contribution in [0.1, 0.15) is 32.1 Å². The number of nitrogens with zero attached hydrogens (tertiary/aromatic N) is 1. The van der Waals surface area contributed by atoms with Crippen LogP contribution in [-0.4, -0.2) is 41.8 Å². The lowest BCUT2D eigenvalue weighted by Crippen LogP contribution is -2.47. The van der Waals surface area contributed by atoms with Crippen LogP contribution in [0.3, 0.4) is 0 Å². The van der Waals surface area contributed by atoms with Crippen molar-refractivity contribution in [2.24, 2.45) is 17.8 Å². The Bertz CT molecular complexity index is 345. The molecule has 0 radical (unpaired) electrons. The maximum absolute atomic E-state index is 12.9. The first-order valence-electron chi connectivity index (χ1n) is 6.76. The molecule has 0 saturated heterocycles. The maximum atomic E-state index is 12.9. The quantitative estimate of drug-likeness (QED) is 0.841. The highest BCUT2D eigenvalue weighted by Gasteiger charge is 2.46. The smallest absolute Gasteiger partial charge is 0.404 e. The SMILES string of the molecule is CN(CC1CC2CCC1C2)C(CC(=O)O)C(F)(F)F. The van der Waals surface area contributed by atoms with Gasteiger partial charge >= 0.3 is 12.1 Å². The van der Waals surface area contributed by atoms with Crippen molar-refractivity contribution in [2.45, 2.75) is 44.3 Å². The number of hydrogen-bond donors (Lipinski definition) is 1. The van der Waals surface area contributed by atoms with Crippen LogP contribution in [0.4, 0.5) is 13.2 Å². The highest BCUT2D eigenvalue weighted by molar-refractivity contribution is 5.67. The van der Waals surface area contributed by atoms with Crippen LogP contribution < -0.4 is 0 Å². The molecule has 2 aliphatic carbocycles. The van der Waals surface area contributed by atoms with Crippen molar-refractivity contribution in [1.29, 1.82) is 0 Å². The molecule has 0 aromatic rings. The molecule has 19 heavy (non-hydrogen) atoms. The van der Waals surface area contributed by atoms with E-state index in [1.807, 2.05) is 0 Å². The van der Waals surface area contributed by atoms with Gasteiger partial charge in [-0.1, -0.05) is 6.42 Å². The van der Waals surface area contributed by atoms with E-state index in [0.29, 0.717) is 24.3 Å². The minimum Gasteiger partial charge on any atom is -0.481 e. The molecule has 6 heteroatoms. The van der Waals surface area contributed by atoms with E-state index in [4.69, 9.17) is 5.11 Å². The Morgan fingerprint density at radius 1 is 1.37 bits per heavy atom. The number of halogens is 3. The van der Waals surface area contributed by atoms with Gasteiger partial charge in [0.1, 0.15) is 6.04 Å². The molecule has 0 aliphatic heterocycles. The molecule has 0 spiro atoms. The van der Waals surface area contributed by atoms with Gasteiger partial charge in [0.25, 0.3) is 0 Å². The number of carboxylic acids is 1. The fraction of sp³-hybridized carbons (Fsp3) is 0.923. The highest BCUT2D eigenvalue weighted by atomic mass is 19.4. The van der Waals surface area contributed by atoms with Crippen molar-refractivity contribution < 1.29 is 23.1 Å². The molecular formula is C13H20F3NO2.